The summed E-state index contributed by atoms with van der Waals surface area (Å²) >= 11 is 6.15. The summed E-state index contributed by atoms with van der Waals surface area (Å²) in [7, 11) is 0. The molecule has 5 heteroatoms. The zero-order valence-electron chi connectivity index (χ0n) is 15.1. The Kier molecular flexibility index (Phi) is 5.04. The van der Waals surface area contributed by atoms with E-state index in [2.05, 4.69) is 0 Å². The Hall–Kier alpha value is -3.24. The van der Waals surface area contributed by atoms with Crippen LogP contribution in [0.4, 0.5) is 0 Å². The number of benzene rings is 3. The number of hydrogen-bond donors (Lipinski definition) is 0. The highest BCUT2D eigenvalue weighted by Crippen LogP contribution is 2.25. The topological polar surface area (TPSA) is 48.7 Å². The van der Waals surface area contributed by atoms with Crippen LogP contribution >= 0.6 is 11.6 Å². The van der Waals surface area contributed by atoms with Gasteiger partial charge in [0.1, 0.15) is 30.0 Å². The number of fused-ring (bicyclic) bond motifs is 1. The molecule has 1 heterocycles. The minimum atomic E-state index is -0.237. The van der Waals surface area contributed by atoms with Crippen molar-refractivity contribution in [2.75, 3.05) is 0 Å². The molecule has 0 saturated heterocycles. The smallest absolute Gasteiger partial charge is 0.235 e. The van der Waals surface area contributed by atoms with Gasteiger partial charge in [0.25, 0.3) is 0 Å². The van der Waals surface area contributed by atoms with Gasteiger partial charge in [0.05, 0.1) is 5.39 Å². The van der Waals surface area contributed by atoms with E-state index in [1.54, 1.807) is 18.2 Å². The van der Waals surface area contributed by atoms with Gasteiger partial charge in [-0.25, -0.2) is 0 Å². The van der Waals surface area contributed by atoms with Gasteiger partial charge in [-0.05, 0) is 37.3 Å². The molecule has 0 saturated carbocycles. The maximum absolute atomic E-state index is 12.7. The fourth-order valence-corrected chi connectivity index (χ4v) is 2.95. The van der Waals surface area contributed by atoms with Crippen molar-refractivity contribution in [3.8, 4) is 17.2 Å². The molecule has 0 N–H and O–H groups in total. The molecule has 4 aromatic rings. The third kappa shape index (κ3) is 3.87. The predicted molar refractivity (Wildman–Crippen MR) is 110 cm³/mol. The Morgan fingerprint density at radius 1 is 0.964 bits per heavy atom. The molecule has 1 aromatic heterocycles. The molecule has 0 radical (unpaired) electrons. The third-order valence-corrected chi connectivity index (χ3v) is 4.68. The van der Waals surface area contributed by atoms with Gasteiger partial charge in [0.2, 0.25) is 11.2 Å². The van der Waals surface area contributed by atoms with E-state index in [1.165, 1.54) is 6.26 Å². The molecule has 0 fully saturated rings. The van der Waals surface area contributed by atoms with Crippen LogP contribution in [0.3, 0.4) is 0 Å². The van der Waals surface area contributed by atoms with Crippen LogP contribution in [0, 0.1) is 6.92 Å². The quantitative estimate of drug-likeness (QED) is 0.410. The summed E-state index contributed by atoms with van der Waals surface area (Å²) in [6, 6.07) is 20.0. The SMILES string of the molecule is Cc1ccc(Oc2coc3cc(OCc4ccccc4Cl)ccc3c2=O)cc1. The van der Waals surface area contributed by atoms with Crippen molar-refractivity contribution in [2.45, 2.75) is 13.5 Å². The first kappa shape index (κ1) is 18.1. The normalized spacial score (nSPS) is 10.8. The highest BCUT2D eigenvalue weighted by Gasteiger charge is 2.11. The molecule has 28 heavy (non-hydrogen) atoms. The summed E-state index contributed by atoms with van der Waals surface area (Å²) in [5, 5.41) is 1.07. The monoisotopic (exact) mass is 392 g/mol. The minimum Gasteiger partial charge on any atom is -0.489 e. The van der Waals surface area contributed by atoms with Crippen LogP contribution in [0.2, 0.25) is 5.02 Å². The number of rotatable bonds is 5. The van der Waals surface area contributed by atoms with Gasteiger partial charge in [-0.1, -0.05) is 47.5 Å². The van der Waals surface area contributed by atoms with Crippen molar-refractivity contribution in [2.24, 2.45) is 0 Å². The minimum absolute atomic E-state index is 0.140. The Morgan fingerprint density at radius 2 is 1.71 bits per heavy atom. The number of halogens is 1. The van der Waals surface area contributed by atoms with Crippen LogP contribution in [0.25, 0.3) is 11.0 Å². The van der Waals surface area contributed by atoms with Crippen LogP contribution in [0.5, 0.6) is 17.2 Å². The van der Waals surface area contributed by atoms with Crippen molar-refractivity contribution < 1.29 is 13.9 Å². The van der Waals surface area contributed by atoms with Gasteiger partial charge in [-0.15, -0.1) is 0 Å². The number of ether oxygens (including phenoxy) is 2. The molecule has 0 aliphatic rings. The Labute approximate surface area is 166 Å². The lowest BCUT2D eigenvalue weighted by atomic mass is 10.2. The molecule has 0 bridgehead atoms. The van der Waals surface area contributed by atoms with Crippen LogP contribution in [0.15, 0.2) is 82.2 Å². The molecule has 140 valence electrons. The van der Waals surface area contributed by atoms with E-state index >= 15 is 0 Å². The molecule has 0 amide bonds. The second kappa shape index (κ2) is 7.79. The Balaban J connectivity index is 1.56. The lowest BCUT2D eigenvalue weighted by Gasteiger charge is -2.09. The van der Waals surface area contributed by atoms with E-state index in [0.717, 1.165) is 11.1 Å². The Morgan fingerprint density at radius 3 is 2.50 bits per heavy atom. The summed E-state index contributed by atoms with van der Waals surface area (Å²) in [6.07, 6.45) is 1.32. The largest absolute Gasteiger partial charge is 0.489 e. The Bertz CT molecular complexity index is 1180. The first-order valence-corrected chi connectivity index (χ1v) is 9.14. The van der Waals surface area contributed by atoms with Crippen LogP contribution in [0.1, 0.15) is 11.1 Å². The zero-order valence-corrected chi connectivity index (χ0v) is 15.9. The van der Waals surface area contributed by atoms with Crippen LogP contribution in [-0.2, 0) is 6.61 Å². The summed E-state index contributed by atoms with van der Waals surface area (Å²) in [5.74, 6) is 1.31. The molecule has 4 rings (SSSR count). The van der Waals surface area contributed by atoms with Gasteiger partial charge in [-0.3, -0.25) is 4.79 Å². The predicted octanol–water partition coefficient (Wildman–Crippen LogP) is 6.13. The number of aryl methyl sites for hydroxylation is 1. The molecule has 0 aliphatic carbocycles. The third-order valence-electron chi connectivity index (χ3n) is 4.32. The van der Waals surface area contributed by atoms with Gasteiger partial charge >= 0.3 is 0 Å². The molecule has 4 nitrogen and oxygen atoms in total. The van der Waals surface area contributed by atoms with E-state index in [0.29, 0.717) is 34.1 Å². The summed E-state index contributed by atoms with van der Waals surface area (Å²) < 4.78 is 17.1. The fourth-order valence-electron chi connectivity index (χ4n) is 2.76. The molecule has 0 aliphatic heterocycles. The lowest BCUT2D eigenvalue weighted by molar-refractivity contribution is 0.306. The summed E-state index contributed by atoms with van der Waals surface area (Å²) in [5.41, 5.74) is 2.19. The fraction of sp³-hybridized carbons (Fsp3) is 0.0870. The molecular formula is C23H17ClO4. The standard InChI is InChI=1S/C23H17ClO4/c1-15-6-8-17(9-7-15)28-22-14-27-21-12-18(10-11-19(21)23(22)25)26-13-16-4-2-3-5-20(16)24/h2-12,14H,13H2,1H3. The van der Waals surface area contributed by atoms with Crippen LogP contribution in [-0.4, -0.2) is 0 Å². The van der Waals surface area contributed by atoms with Gasteiger partial charge in [0.15, 0.2) is 0 Å². The molecule has 0 atom stereocenters. The van der Waals surface area contributed by atoms with Crippen molar-refractivity contribution in [1.82, 2.24) is 0 Å². The van der Waals surface area contributed by atoms with E-state index < -0.39 is 0 Å². The van der Waals surface area contributed by atoms with Gasteiger partial charge < -0.3 is 13.9 Å². The average Bonchev–Trinajstić information content (AvgIpc) is 2.71. The molecule has 0 spiro atoms. The van der Waals surface area contributed by atoms with Crippen molar-refractivity contribution >= 4 is 22.6 Å². The maximum atomic E-state index is 12.7. The number of hydrogen-bond acceptors (Lipinski definition) is 4. The van der Waals surface area contributed by atoms with Crippen molar-refractivity contribution in [3.63, 3.8) is 0 Å². The summed E-state index contributed by atoms with van der Waals surface area (Å²) in [6.45, 7) is 2.31. The van der Waals surface area contributed by atoms with Crippen molar-refractivity contribution in [1.29, 1.82) is 0 Å². The highest BCUT2D eigenvalue weighted by molar-refractivity contribution is 6.31. The first-order chi connectivity index (χ1) is 13.6. The van der Waals surface area contributed by atoms with Gasteiger partial charge in [0, 0.05) is 16.7 Å². The molecule has 3 aromatic carbocycles. The second-order valence-corrected chi connectivity index (χ2v) is 6.79. The van der Waals surface area contributed by atoms with E-state index in [4.69, 9.17) is 25.5 Å². The van der Waals surface area contributed by atoms with Gasteiger partial charge in [-0.2, -0.15) is 0 Å². The zero-order chi connectivity index (χ0) is 19.5. The van der Waals surface area contributed by atoms with E-state index in [1.807, 2.05) is 55.5 Å². The maximum Gasteiger partial charge on any atom is 0.235 e. The van der Waals surface area contributed by atoms with E-state index in [9.17, 15) is 4.79 Å². The average molecular weight is 393 g/mol. The first-order valence-electron chi connectivity index (χ1n) is 8.76. The lowest BCUT2D eigenvalue weighted by Crippen LogP contribution is -2.05. The van der Waals surface area contributed by atoms with Crippen LogP contribution < -0.4 is 14.9 Å². The summed E-state index contributed by atoms with van der Waals surface area (Å²) in [4.78, 5) is 12.7. The van der Waals surface area contributed by atoms with E-state index in [-0.39, 0.29) is 11.2 Å². The highest BCUT2D eigenvalue weighted by atomic mass is 35.5. The second-order valence-electron chi connectivity index (χ2n) is 6.38. The molecular weight excluding hydrogens is 376 g/mol. The van der Waals surface area contributed by atoms with Crippen molar-refractivity contribution in [3.05, 3.63) is 99.4 Å². The molecule has 0 unspecified atom stereocenters.